The standard InChI is InChI=1S/C29H34ClN3O5S/c1-31-29(35)27(19-22-9-5-4-6-10-22)32(21-23-14-16-24(30)17-15-23)28(34)13-8-18-33(39(3,36)37)25-11-7-12-26(20-25)38-2/h4-7,9-12,14-17,20,27H,8,13,18-19,21H2,1-3H3,(H,31,35). The largest absolute Gasteiger partial charge is 0.497 e. The molecule has 0 heterocycles. The number of carbonyl (C=O) groups is 2. The minimum atomic E-state index is -3.61. The van der Waals surface area contributed by atoms with E-state index in [2.05, 4.69) is 5.32 Å². The third-order valence-electron chi connectivity index (χ3n) is 6.28. The molecule has 0 spiro atoms. The number of anilines is 1. The van der Waals surface area contributed by atoms with E-state index in [1.54, 1.807) is 48.3 Å². The third-order valence-corrected chi connectivity index (χ3v) is 7.72. The minimum Gasteiger partial charge on any atom is -0.497 e. The smallest absolute Gasteiger partial charge is 0.242 e. The van der Waals surface area contributed by atoms with Crippen LogP contribution < -0.4 is 14.4 Å². The number of hydrogen-bond donors (Lipinski definition) is 1. The molecule has 0 radical (unpaired) electrons. The predicted octanol–water partition coefficient (Wildman–Crippen LogP) is 4.28. The van der Waals surface area contributed by atoms with E-state index in [1.807, 2.05) is 42.5 Å². The number of methoxy groups -OCH3 is 1. The van der Waals surface area contributed by atoms with Crippen molar-refractivity contribution in [1.29, 1.82) is 0 Å². The zero-order chi connectivity index (χ0) is 28.4. The average Bonchev–Trinajstić information content (AvgIpc) is 2.93. The molecule has 10 heteroatoms. The van der Waals surface area contributed by atoms with Crippen molar-refractivity contribution in [2.24, 2.45) is 0 Å². The number of carbonyl (C=O) groups excluding carboxylic acids is 2. The van der Waals surface area contributed by atoms with Crippen molar-refractivity contribution in [2.45, 2.75) is 31.8 Å². The van der Waals surface area contributed by atoms with Crippen molar-refractivity contribution in [1.82, 2.24) is 10.2 Å². The first kappa shape index (κ1) is 30.0. The molecule has 1 atom stereocenters. The van der Waals surface area contributed by atoms with E-state index in [1.165, 1.54) is 11.4 Å². The van der Waals surface area contributed by atoms with Crippen LogP contribution in [0.4, 0.5) is 5.69 Å². The van der Waals surface area contributed by atoms with Crippen molar-refractivity contribution in [3.63, 3.8) is 0 Å². The number of nitrogens with zero attached hydrogens (tertiary/aromatic N) is 2. The van der Waals surface area contributed by atoms with E-state index in [-0.39, 0.29) is 37.7 Å². The van der Waals surface area contributed by atoms with Crippen molar-refractivity contribution in [3.05, 3.63) is 95.0 Å². The van der Waals surface area contributed by atoms with E-state index in [4.69, 9.17) is 16.3 Å². The van der Waals surface area contributed by atoms with Crippen molar-refractivity contribution in [3.8, 4) is 5.75 Å². The van der Waals surface area contributed by atoms with Crippen LogP contribution in [0.2, 0.25) is 5.02 Å². The van der Waals surface area contributed by atoms with Gasteiger partial charge < -0.3 is 15.0 Å². The molecule has 2 amide bonds. The zero-order valence-corrected chi connectivity index (χ0v) is 23.9. The molecule has 1 unspecified atom stereocenters. The molecule has 0 aliphatic carbocycles. The SMILES string of the molecule is CNC(=O)C(Cc1ccccc1)N(Cc1ccc(Cl)cc1)C(=O)CCCN(c1cccc(OC)c1)S(C)(=O)=O. The van der Waals surface area contributed by atoms with Gasteiger partial charge in [-0.1, -0.05) is 60.1 Å². The second-order valence-corrected chi connectivity index (χ2v) is 11.5. The molecular weight excluding hydrogens is 538 g/mol. The number of halogens is 1. The van der Waals surface area contributed by atoms with Gasteiger partial charge in [-0.05, 0) is 41.8 Å². The predicted molar refractivity (Wildman–Crippen MR) is 154 cm³/mol. The van der Waals surface area contributed by atoms with Crippen molar-refractivity contribution < 1.29 is 22.7 Å². The number of likely N-dealkylation sites (N-methyl/N-ethyl adjacent to an activating group) is 1. The number of nitrogens with one attached hydrogen (secondary N) is 1. The molecule has 3 aromatic rings. The molecule has 208 valence electrons. The topological polar surface area (TPSA) is 96.0 Å². The van der Waals surface area contributed by atoms with E-state index < -0.39 is 16.1 Å². The lowest BCUT2D eigenvalue weighted by atomic mass is 10.0. The fourth-order valence-corrected chi connectivity index (χ4v) is 5.36. The molecule has 0 saturated heterocycles. The van der Waals surface area contributed by atoms with Crippen LogP contribution in [0.25, 0.3) is 0 Å². The molecule has 0 aromatic heterocycles. The van der Waals surface area contributed by atoms with E-state index in [0.29, 0.717) is 22.9 Å². The molecule has 39 heavy (non-hydrogen) atoms. The number of rotatable bonds is 13. The van der Waals surface area contributed by atoms with Crippen LogP contribution in [0.5, 0.6) is 5.75 Å². The molecule has 1 N–H and O–H groups in total. The Bertz CT molecular complexity index is 1350. The van der Waals surface area contributed by atoms with Crippen LogP contribution >= 0.6 is 11.6 Å². The van der Waals surface area contributed by atoms with Crippen LogP contribution in [-0.4, -0.2) is 58.1 Å². The van der Waals surface area contributed by atoms with Crippen molar-refractivity contribution in [2.75, 3.05) is 31.3 Å². The maximum atomic E-state index is 13.7. The Hall–Kier alpha value is -3.56. The fraction of sp³-hybridized carbons (Fsp3) is 0.310. The Balaban J connectivity index is 1.84. The van der Waals surface area contributed by atoms with Crippen LogP contribution in [0, 0.1) is 0 Å². The summed E-state index contributed by atoms with van der Waals surface area (Å²) in [6, 6.07) is 22.6. The summed E-state index contributed by atoms with van der Waals surface area (Å²) >= 11 is 6.05. The highest BCUT2D eigenvalue weighted by Gasteiger charge is 2.30. The van der Waals surface area contributed by atoms with E-state index in [0.717, 1.165) is 17.4 Å². The summed E-state index contributed by atoms with van der Waals surface area (Å²) in [5.41, 5.74) is 2.19. The lowest BCUT2D eigenvalue weighted by Crippen LogP contribution is -2.49. The number of sulfonamides is 1. The molecule has 8 nitrogen and oxygen atoms in total. The van der Waals surface area contributed by atoms with Gasteiger partial charge in [0, 0.05) is 44.1 Å². The molecule has 0 aliphatic rings. The zero-order valence-electron chi connectivity index (χ0n) is 22.3. The highest BCUT2D eigenvalue weighted by Crippen LogP contribution is 2.24. The maximum absolute atomic E-state index is 13.7. The van der Waals surface area contributed by atoms with Gasteiger partial charge in [0.05, 0.1) is 19.1 Å². The number of benzene rings is 3. The highest BCUT2D eigenvalue weighted by atomic mass is 35.5. The number of ether oxygens (including phenoxy) is 1. The van der Waals surface area contributed by atoms with Gasteiger partial charge in [0.2, 0.25) is 21.8 Å². The fourth-order valence-electron chi connectivity index (χ4n) is 4.28. The first-order chi connectivity index (χ1) is 18.6. The van der Waals surface area contributed by atoms with E-state index >= 15 is 0 Å². The molecule has 0 aliphatic heterocycles. The van der Waals surface area contributed by atoms with Crippen LogP contribution in [-0.2, 0) is 32.6 Å². The Morgan fingerprint density at radius 1 is 0.974 bits per heavy atom. The number of hydrogen-bond acceptors (Lipinski definition) is 5. The van der Waals surface area contributed by atoms with Gasteiger partial charge in [-0.25, -0.2) is 8.42 Å². The highest BCUT2D eigenvalue weighted by molar-refractivity contribution is 7.92. The van der Waals surface area contributed by atoms with Gasteiger partial charge in [-0.15, -0.1) is 0 Å². The summed E-state index contributed by atoms with van der Waals surface area (Å²) in [6.07, 6.45) is 1.76. The van der Waals surface area contributed by atoms with Gasteiger partial charge in [-0.2, -0.15) is 0 Å². The Morgan fingerprint density at radius 2 is 1.67 bits per heavy atom. The quantitative estimate of drug-likeness (QED) is 0.330. The summed E-state index contributed by atoms with van der Waals surface area (Å²) in [6.45, 7) is 0.294. The molecule has 3 rings (SSSR count). The van der Waals surface area contributed by atoms with E-state index in [9.17, 15) is 18.0 Å². The molecular formula is C29H34ClN3O5S. The summed E-state index contributed by atoms with van der Waals surface area (Å²) in [5.74, 6) is -0.00965. The normalized spacial score (nSPS) is 11.9. The van der Waals surface area contributed by atoms with Gasteiger partial charge >= 0.3 is 0 Å². The van der Waals surface area contributed by atoms with Gasteiger partial charge in [0.15, 0.2) is 0 Å². The lowest BCUT2D eigenvalue weighted by molar-refractivity contribution is -0.141. The molecule has 0 bridgehead atoms. The first-order valence-electron chi connectivity index (χ1n) is 12.5. The van der Waals surface area contributed by atoms with Gasteiger partial charge in [0.1, 0.15) is 11.8 Å². The molecule has 0 fully saturated rings. The first-order valence-corrected chi connectivity index (χ1v) is 14.8. The molecule has 0 saturated carbocycles. The summed E-state index contributed by atoms with van der Waals surface area (Å²) in [5, 5.41) is 3.26. The van der Waals surface area contributed by atoms with Crippen molar-refractivity contribution >= 4 is 39.1 Å². The second kappa shape index (κ2) is 14.0. The van der Waals surface area contributed by atoms with Crippen LogP contribution in [0.15, 0.2) is 78.9 Å². The lowest BCUT2D eigenvalue weighted by Gasteiger charge is -2.31. The summed E-state index contributed by atoms with van der Waals surface area (Å²) < 4.78 is 31.6. The monoisotopic (exact) mass is 571 g/mol. The Morgan fingerprint density at radius 3 is 2.28 bits per heavy atom. The summed E-state index contributed by atoms with van der Waals surface area (Å²) in [4.78, 5) is 28.3. The Kier molecular flexibility index (Phi) is 10.8. The van der Waals surface area contributed by atoms with Gasteiger partial charge in [-0.3, -0.25) is 13.9 Å². The number of amides is 2. The minimum absolute atomic E-state index is 0.0475. The Labute approximate surface area is 235 Å². The maximum Gasteiger partial charge on any atom is 0.242 e. The second-order valence-electron chi connectivity index (χ2n) is 9.11. The molecule has 3 aromatic carbocycles. The summed E-state index contributed by atoms with van der Waals surface area (Å²) in [7, 11) is -0.557. The van der Waals surface area contributed by atoms with Crippen LogP contribution in [0.3, 0.4) is 0 Å². The third kappa shape index (κ3) is 8.73. The van der Waals surface area contributed by atoms with Gasteiger partial charge in [0.25, 0.3) is 0 Å². The average molecular weight is 572 g/mol. The van der Waals surface area contributed by atoms with Crippen LogP contribution in [0.1, 0.15) is 24.0 Å².